The molecule has 176 valence electrons. The van der Waals surface area contributed by atoms with Gasteiger partial charge in [0.15, 0.2) is 11.6 Å². The smallest absolute Gasteiger partial charge is 0.253 e. The molecule has 7 heteroatoms. The van der Waals surface area contributed by atoms with Crippen LogP contribution in [0.1, 0.15) is 41.6 Å². The van der Waals surface area contributed by atoms with Crippen molar-refractivity contribution >= 4 is 11.7 Å². The number of piperidine rings is 1. The van der Waals surface area contributed by atoms with Crippen LogP contribution in [-0.4, -0.2) is 57.9 Å². The molecule has 2 N–H and O–H groups in total. The van der Waals surface area contributed by atoms with Crippen LogP contribution in [0.15, 0.2) is 61.1 Å². The molecule has 0 spiro atoms. The van der Waals surface area contributed by atoms with Crippen molar-refractivity contribution in [3.05, 3.63) is 72.2 Å². The molecule has 2 fully saturated rings. The maximum Gasteiger partial charge on any atom is 0.253 e. The first kappa shape index (κ1) is 22.3. The monoisotopic (exact) mass is 457 g/mol. The number of pyridine rings is 2. The number of aromatic nitrogens is 2. The van der Waals surface area contributed by atoms with Gasteiger partial charge in [0.25, 0.3) is 5.91 Å². The van der Waals surface area contributed by atoms with Gasteiger partial charge in [0.05, 0.1) is 0 Å². The molecule has 2 saturated heterocycles. The van der Waals surface area contributed by atoms with Gasteiger partial charge in [-0.1, -0.05) is 12.1 Å². The Morgan fingerprint density at radius 3 is 2.38 bits per heavy atom. The highest BCUT2D eigenvalue weighted by Crippen LogP contribution is 2.28. The fourth-order valence-corrected chi connectivity index (χ4v) is 4.90. The first-order chi connectivity index (χ1) is 16.7. The van der Waals surface area contributed by atoms with E-state index in [4.69, 9.17) is 10.5 Å². The molecule has 1 amide bonds. The number of anilines is 1. The number of carbonyl (C=O) groups excluding carboxylic acids is 1. The minimum absolute atomic E-state index is 0.114. The second-order valence-electron chi connectivity index (χ2n) is 9.10. The summed E-state index contributed by atoms with van der Waals surface area (Å²) < 4.78 is 5.89. The van der Waals surface area contributed by atoms with E-state index in [1.807, 2.05) is 47.4 Å². The van der Waals surface area contributed by atoms with Crippen LogP contribution in [0.4, 0.5) is 5.82 Å². The number of nitrogens with two attached hydrogens (primary N) is 1. The molecule has 2 aromatic heterocycles. The first-order valence-electron chi connectivity index (χ1n) is 12.1. The van der Waals surface area contributed by atoms with Crippen LogP contribution in [0.5, 0.6) is 5.75 Å². The number of likely N-dealkylation sites (tertiary alicyclic amines) is 2. The molecule has 0 aliphatic carbocycles. The van der Waals surface area contributed by atoms with Gasteiger partial charge in [-0.15, -0.1) is 0 Å². The van der Waals surface area contributed by atoms with Gasteiger partial charge in [-0.25, -0.2) is 4.98 Å². The Bertz CT molecular complexity index is 1110. The van der Waals surface area contributed by atoms with E-state index in [0.29, 0.717) is 24.2 Å². The highest BCUT2D eigenvalue weighted by Gasteiger charge is 2.28. The summed E-state index contributed by atoms with van der Waals surface area (Å²) in [6.45, 7) is 4.50. The summed E-state index contributed by atoms with van der Waals surface area (Å²) in [4.78, 5) is 26.0. The molecule has 3 aromatic rings. The zero-order valence-electron chi connectivity index (χ0n) is 19.4. The van der Waals surface area contributed by atoms with Crippen molar-refractivity contribution in [1.82, 2.24) is 19.8 Å². The van der Waals surface area contributed by atoms with Crippen LogP contribution in [0, 0.1) is 0 Å². The van der Waals surface area contributed by atoms with Crippen molar-refractivity contribution in [2.24, 2.45) is 0 Å². The minimum Gasteiger partial charge on any atom is -0.485 e. The fourth-order valence-electron chi connectivity index (χ4n) is 4.90. The van der Waals surface area contributed by atoms with E-state index in [1.54, 1.807) is 18.6 Å². The third-order valence-electron chi connectivity index (χ3n) is 6.90. The van der Waals surface area contributed by atoms with Gasteiger partial charge in [0.2, 0.25) is 0 Å². The summed E-state index contributed by atoms with van der Waals surface area (Å²) >= 11 is 0. The number of ether oxygens (including phenoxy) is 1. The molecule has 0 unspecified atom stereocenters. The molecule has 4 heterocycles. The topological polar surface area (TPSA) is 84.6 Å². The number of rotatable bonds is 6. The van der Waals surface area contributed by atoms with Gasteiger partial charge in [-0.3, -0.25) is 9.78 Å². The second kappa shape index (κ2) is 10.2. The highest BCUT2D eigenvalue weighted by atomic mass is 16.5. The number of benzene rings is 1. The predicted molar refractivity (Wildman–Crippen MR) is 132 cm³/mol. The van der Waals surface area contributed by atoms with E-state index in [1.165, 1.54) is 25.9 Å². The van der Waals surface area contributed by atoms with Gasteiger partial charge in [-0.05, 0) is 80.2 Å². The zero-order chi connectivity index (χ0) is 23.3. The number of nitrogen functional groups attached to an aromatic ring is 1. The van der Waals surface area contributed by atoms with Gasteiger partial charge in [0, 0.05) is 48.8 Å². The molecular formula is C27H31N5O2. The number of hydrogen-bond acceptors (Lipinski definition) is 6. The average Bonchev–Trinajstić information content (AvgIpc) is 3.44. The van der Waals surface area contributed by atoms with E-state index in [9.17, 15) is 4.79 Å². The normalized spacial score (nSPS) is 17.1. The summed E-state index contributed by atoms with van der Waals surface area (Å²) in [6.07, 6.45) is 9.96. The predicted octanol–water partition coefficient (Wildman–Crippen LogP) is 4.01. The number of nitrogens with zero attached hydrogens (tertiary/aromatic N) is 4. The Morgan fingerprint density at radius 1 is 0.971 bits per heavy atom. The zero-order valence-corrected chi connectivity index (χ0v) is 19.4. The van der Waals surface area contributed by atoms with E-state index in [2.05, 4.69) is 14.9 Å². The molecule has 1 aromatic carbocycles. The second-order valence-corrected chi connectivity index (χ2v) is 9.10. The standard InChI is InChI=1S/C27H31N5O2/c28-26-25(34-19-20-7-11-29-12-8-20)17-23(18-30-26)21-3-5-22(6-4-21)27(33)32-15-9-24(10-16-32)31-13-1-2-14-31/h3-8,11-12,17-18,24H,1-2,9-10,13-16,19H2,(H2,28,30). The van der Waals surface area contributed by atoms with Crippen LogP contribution >= 0.6 is 0 Å². The van der Waals surface area contributed by atoms with E-state index in [0.717, 1.165) is 48.2 Å². The van der Waals surface area contributed by atoms with Crippen molar-refractivity contribution in [3.8, 4) is 16.9 Å². The Labute approximate surface area is 200 Å². The van der Waals surface area contributed by atoms with Crippen LogP contribution < -0.4 is 10.5 Å². The van der Waals surface area contributed by atoms with Crippen LogP contribution in [-0.2, 0) is 6.61 Å². The van der Waals surface area contributed by atoms with Crippen molar-refractivity contribution in [2.75, 3.05) is 31.9 Å². The third-order valence-corrected chi connectivity index (χ3v) is 6.90. The van der Waals surface area contributed by atoms with E-state index >= 15 is 0 Å². The maximum atomic E-state index is 13.1. The Morgan fingerprint density at radius 2 is 1.68 bits per heavy atom. The Balaban J connectivity index is 1.22. The van der Waals surface area contributed by atoms with Gasteiger partial charge >= 0.3 is 0 Å². The van der Waals surface area contributed by atoms with Crippen molar-refractivity contribution in [2.45, 2.75) is 38.3 Å². The third kappa shape index (κ3) is 5.04. The summed E-state index contributed by atoms with van der Waals surface area (Å²) in [7, 11) is 0. The molecule has 0 radical (unpaired) electrons. The largest absolute Gasteiger partial charge is 0.485 e. The Hall–Kier alpha value is -3.45. The molecule has 2 aliphatic heterocycles. The SMILES string of the molecule is Nc1ncc(-c2ccc(C(=O)N3CCC(N4CCCC4)CC3)cc2)cc1OCc1ccncc1. The van der Waals surface area contributed by atoms with Crippen LogP contribution in [0.25, 0.3) is 11.1 Å². The lowest BCUT2D eigenvalue weighted by Crippen LogP contribution is -2.45. The van der Waals surface area contributed by atoms with Gasteiger partial charge in [0.1, 0.15) is 6.61 Å². The van der Waals surface area contributed by atoms with Crippen LogP contribution in [0.3, 0.4) is 0 Å². The average molecular weight is 458 g/mol. The van der Waals surface area contributed by atoms with Crippen LogP contribution in [0.2, 0.25) is 0 Å². The number of carbonyl (C=O) groups is 1. The maximum absolute atomic E-state index is 13.1. The van der Waals surface area contributed by atoms with Crippen molar-refractivity contribution in [3.63, 3.8) is 0 Å². The molecule has 34 heavy (non-hydrogen) atoms. The molecule has 0 saturated carbocycles. The summed E-state index contributed by atoms with van der Waals surface area (Å²) in [6, 6.07) is 14.1. The molecule has 5 rings (SSSR count). The molecular weight excluding hydrogens is 426 g/mol. The lowest BCUT2D eigenvalue weighted by Gasteiger charge is -2.36. The quantitative estimate of drug-likeness (QED) is 0.602. The lowest BCUT2D eigenvalue weighted by molar-refractivity contribution is 0.0644. The van der Waals surface area contributed by atoms with Gasteiger partial charge < -0.3 is 20.3 Å². The van der Waals surface area contributed by atoms with Crippen molar-refractivity contribution < 1.29 is 9.53 Å². The fraction of sp³-hybridized carbons (Fsp3) is 0.370. The van der Waals surface area contributed by atoms with Crippen molar-refractivity contribution in [1.29, 1.82) is 0 Å². The van der Waals surface area contributed by atoms with E-state index < -0.39 is 0 Å². The highest BCUT2D eigenvalue weighted by molar-refractivity contribution is 5.94. The molecule has 0 atom stereocenters. The minimum atomic E-state index is 0.114. The molecule has 2 aliphatic rings. The lowest BCUT2D eigenvalue weighted by atomic mass is 10.0. The molecule has 0 bridgehead atoms. The number of amides is 1. The number of hydrogen-bond donors (Lipinski definition) is 1. The Kier molecular flexibility index (Phi) is 6.72. The molecule has 7 nitrogen and oxygen atoms in total. The summed E-state index contributed by atoms with van der Waals surface area (Å²) in [5.41, 5.74) is 9.61. The van der Waals surface area contributed by atoms with Gasteiger partial charge in [-0.2, -0.15) is 0 Å². The first-order valence-corrected chi connectivity index (χ1v) is 12.1. The van der Waals surface area contributed by atoms with E-state index in [-0.39, 0.29) is 5.91 Å². The summed E-state index contributed by atoms with van der Waals surface area (Å²) in [5, 5.41) is 0. The summed E-state index contributed by atoms with van der Waals surface area (Å²) in [5.74, 6) is 1.00.